The summed E-state index contributed by atoms with van der Waals surface area (Å²) in [5, 5.41) is 7.61. The lowest BCUT2D eigenvalue weighted by Gasteiger charge is -2.27. The van der Waals surface area contributed by atoms with Gasteiger partial charge in [0.25, 0.3) is 5.91 Å². The summed E-state index contributed by atoms with van der Waals surface area (Å²) in [6, 6.07) is 5.59. The standard InChI is InChI=1S/C15H18N4O4/c1-9(20)17-7-12-14(22)18-11-6-4-3-5-10(11)15(23)19(12)8-13(21)16-2/h3-6,12H,7-8H2,1-2H3,(H,16,21)(H,17,20)(H,18,22)/t12-/m0/s1. The van der Waals surface area contributed by atoms with Gasteiger partial charge < -0.3 is 20.9 Å². The minimum atomic E-state index is -0.976. The third-order valence-corrected chi connectivity index (χ3v) is 3.49. The summed E-state index contributed by atoms with van der Waals surface area (Å²) >= 11 is 0. The SMILES string of the molecule is CNC(=O)CN1C(=O)c2ccccc2NC(=O)[C@@H]1CNC(C)=O. The smallest absolute Gasteiger partial charge is 0.257 e. The maximum Gasteiger partial charge on any atom is 0.257 e. The minimum Gasteiger partial charge on any atom is -0.358 e. The zero-order valence-corrected chi connectivity index (χ0v) is 12.9. The number of amides is 4. The highest BCUT2D eigenvalue weighted by atomic mass is 16.2. The van der Waals surface area contributed by atoms with Crippen LogP contribution in [0.5, 0.6) is 0 Å². The molecular formula is C15H18N4O4. The van der Waals surface area contributed by atoms with Crippen molar-refractivity contribution in [1.29, 1.82) is 0 Å². The van der Waals surface area contributed by atoms with Gasteiger partial charge in [0, 0.05) is 20.5 Å². The topological polar surface area (TPSA) is 108 Å². The van der Waals surface area contributed by atoms with Gasteiger partial charge in [0.2, 0.25) is 17.7 Å². The normalized spacial score (nSPS) is 17.0. The Kier molecular flexibility index (Phi) is 4.95. The molecule has 23 heavy (non-hydrogen) atoms. The Balaban J connectivity index is 2.39. The molecule has 0 saturated heterocycles. The zero-order valence-electron chi connectivity index (χ0n) is 12.9. The number of nitrogens with one attached hydrogen (secondary N) is 3. The van der Waals surface area contributed by atoms with Crippen LogP contribution in [0.4, 0.5) is 5.69 Å². The zero-order chi connectivity index (χ0) is 17.0. The first-order valence-electron chi connectivity index (χ1n) is 7.10. The van der Waals surface area contributed by atoms with Crippen molar-refractivity contribution in [2.45, 2.75) is 13.0 Å². The van der Waals surface area contributed by atoms with Crippen LogP contribution in [-0.2, 0) is 14.4 Å². The third-order valence-electron chi connectivity index (χ3n) is 3.49. The van der Waals surface area contributed by atoms with Crippen molar-refractivity contribution in [3.63, 3.8) is 0 Å². The van der Waals surface area contributed by atoms with Crippen LogP contribution < -0.4 is 16.0 Å². The third kappa shape index (κ3) is 3.65. The van der Waals surface area contributed by atoms with Gasteiger partial charge in [0.1, 0.15) is 12.6 Å². The molecule has 0 aromatic heterocycles. The summed E-state index contributed by atoms with van der Waals surface area (Å²) < 4.78 is 0. The molecule has 1 aliphatic rings. The van der Waals surface area contributed by atoms with E-state index in [2.05, 4.69) is 16.0 Å². The molecule has 0 saturated carbocycles. The number of rotatable bonds is 4. The molecule has 1 heterocycles. The van der Waals surface area contributed by atoms with Gasteiger partial charge >= 0.3 is 0 Å². The first-order valence-corrected chi connectivity index (χ1v) is 7.10. The average Bonchev–Trinajstić information content (AvgIpc) is 2.61. The van der Waals surface area contributed by atoms with E-state index in [1.54, 1.807) is 24.3 Å². The highest BCUT2D eigenvalue weighted by molar-refractivity contribution is 6.10. The number of hydrogen-bond acceptors (Lipinski definition) is 4. The summed E-state index contributed by atoms with van der Waals surface area (Å²) in [5.74, 6) is -1.64. The van der Waals surface area contributed by atoms with E-state index in [-0.39, 0.29) is 19.0 Å². The maximum atomic E-state index is 12.7. The summed E-state index contributed by atoms with van der Waals surface area (Å²) in [6.45, 7) is 0.966. The van der Waals surface area contributed by atoms with E-state index in [1.807, 2.05) is 0 Å². The van der Waals surface area contributed by atoms with Gasteiger partial charge in [0.15, 0.2) is 0 Å². The fourth-order valence-corrected chi connectivity index (χ4v) is 2.29. The molecule has 122 valence electrons. The number of fused-ring (bicyclic) bond motifs is 1. The second kappa shape index (κ2) is 6.91. The van der Waals surface area contributed by atoms with Crippen molar-refractivity contribution in [3.05, 3.63) is 29.8 Å². The van der Waals surface area contributed by atoms with Crippen LogP contribution >= 0.6 is 0 Å². The van der Waals surface area contributed by atoms with Crippen molar-refractivity contribution >= 4 is 29.3 Å². The Morgan fingerprint density at radius 3 is 2.61 bits per heavy atom. The second-order valence-corrected chi connectivity index (χ2v) is 5.09. The van der Waals surface area contributed by atoms with Gasteiger partial charge in [-0.2, -0.15) is 0 Å². The van der Waals surface area contributed by atoms with Gasteiger partial charge in [-0.3, -0.25) is 19.2 Å². The summed E-state index contributed by atoms with van der Waals surface area (Å²) in [7, 11) is 1.45. The summed E-state index contributed by atoms with van der Waals surface area (Å²) in [4.78, 5) is 49.2. The number of nitrogens with zero attached hydrogens (tertiary/aromatic N) is 1. The van der Waals surface area contributed by atoms with E-state index in [9.17, 15) is 19.2 Å². The maximum absolute atomic E-state index is 12.7. The van der Waals surface area contributed by atoms with Crippen LogP contribution in [0.1, 0.15) is 17.3 Å². The van der Waals surface area contributed by atoms with E-state index < -0.39 is 23.8 Å². The molecule has 4 amide bonds. The van der Waals surface area contributed by atoms with Crippen molar-refractivity contribution in [3.8, 4) is 0 Å². The van der Waals surface area contributed by atoms with Crippen molar-refractivity contribution in [2.75, 3.05) is 25.5 Å². The quantitative estimate of drug-likeness (QED) is 0.684. The number of hydrogen-bond donors (Lipinski definition) is 3. The Hall–Kier alpha value is -2.90. The van der Waals surface area contributed by atoms with Crippen LogP contribution in [0.15, 0.2) is 24.3 Å². The largest absolute Gasteiger partial charge is 0.358 e. The Labute approximate surface area is 133 Å². The molecule has 0 aliphatic carbocycles. The van der Waals surface area contributed by atoms with Crippen LogP contribution in [0, 0.1) is 0 Å². The molecule has 0 bridgehead atoms. The molecule has 1 aromatic carbocycles. The predicted molar refractivity (Wildman–Crippen MR) is 82.6 cm³/mol. The number of carbonyl (C=O) groups is 4. The first-order chi connectivity index (χ1) is 10.9. The number of benzene rings is 1. The molecular weight excluding hydrogens is 300 g/mol. The molecule has 3 N–H and O–H groups in total. The molecule has 0 fully saturated rings. The van der Waals surface area contributed by atoms with Crippen LogP contribution in [0.3, 0.4) is 0 Å². The molecule has 2 rings (SSSR count). The Morgan fingerprint density at radius 1 is 1.26 bits per heavy atom. The summed E-state index contributed by atoms with van der Waals surface area (Å²) in [6.07, 6.45) is 0. The number of carbonyl (C=O) groups excluding carboxylic acids is 4. The molecule has 8 heteroatoms. The van der Waals surface area contributed by atoms with Gasteiger partial charge in [-0.25, -0.2) is 0 Å². The van der Waals surface area contributed by atoms with Gasteiger partial charge in [0.05, 0.1) is 11.3 Å². The van der Waals surface area contributed by atoms with Crippen molar-refractivity contribution in [1.82, 2.24) is 15.5 Å². The van der Waals surface area contributed by atoms with Crippen molar-refractivity contribution in [2.24, 2.45) is 0 Å². The number of likely N-dealkylation sites (N-methyl/N-ethyl adjacent to an activating group) is 1. The second-order valence-electron chi connectivity index (χ2n) is 5.09. The fourth-order valence-electron chi connectivity index (χ4n) is 2.29. The van der Waals surface area contributed by atoms with Gasteiger partial charge in [-0.1, -0.05) is 12.1 Å². The van der Waals surface area contributed by atoms with Gasteiger partial charge in [-0.05, 0) is 12.1 Å². The average molecular weight is 318 g/mol. The lowest BCUT2D eigenvalue weighted by Crippen LogP contribution is -2.53. The van der Waals surface area contributed by atoms with Crippen LogP contribution in [0.2, 0.25) is 0 Å². The summed E-state index contributed by atoms with van der Waals surface area (Å²) in [5.41, 5.74) is 0.685. The molecule has 0 unspecified atom stereocenters. The van der Waals surface area contributed by atoms with Crippen LogP contribution in [0.25, 0.3) is 0 Å². The van der Waals surface area contributed by atoms with Crippen molar-refractivity contribution < 1.29 is 19.2 Å². The number of anilines is 1. The lowest BCUT2D eigenvalue weighted by molar-refractivity contribution is -0.124. The first kappa shape index (κ1) is 16.5. The number of para-hydroxylation sites is 1. The molecule has 8 nitrogen and oxygen atoms in total. The van der Waals surface area contributed by atoms with E-state index in [0.29, 0.717) is 11.3 Å². The molecule has 1 atom stereocenters. The fraction of sp³-hybridized carbons (Fsp3) is 0.333. The molecule has 1 aromatic rings. The Bertz CT molecular complexity index is 659. The van der Waals surface area contributed by atoms with E-state index in [4.69, 9.17) is 0 Å². The van der Waals surface area contributed by atoms with E-state index in [0.717, 1.165) is 4.90 Å². The predicted octanol–water partition coefficient (Wildman–Crippen LogP) is -0.668. The highest BCUT2D eigenvalue weighted by Crippen LogP contribution is 2.22. The van der Waals surface area contributed by atoms with Gasteiger partial charge in [-0.15, -0.1) is 0 Å². The monoisotopic (exact) mass is 318 g/mol. The van der Waals surface area contributed by atoms with E-state index in [1.165, 1.54) is 14.0 Å². The molecule has 0 spiro atoms. The lowest BCUT2D eigenvalue weighted by atomic mass is 10.1. The molecule has 1 aliphatic heterocycles. The minimum absolute atomic E-state index is 0.0715. The van der Waals surface area contributed by atoms with Crippen LogP contribution in [-0.4, -0.2) is 54.7 Å². The Morgan fingerprint density at radius 2 is 1.96 bits per heavy atom. The highest BCUT2D eigenvalue weighted by Gasteiger charge is 2.36. The molecule has 0 radical (unpaired) electrons. The van der Waals surface area contributed by atoms with E-state index >= 15 is 0 Å².